The predicted molar refractivity (Wildman–Crippen MR) is 72.3 cm³/mol. The number of hydrogen-bond acceptors (Lipinski definition) is 3. The van der Waals surface area contributed by atoms with Crippen LogP contribution in [0.5, 0.6) is 0 Å². The number of fused-ring (bicyclic) bond motifs is 1. The van der Waals surface area contributed by atoms with Gasteiger partial charge in [-0.2, -0.15) is 0 Å². The van der Waals surface area contributed by atoms with E-state index in [1.807, 2.05) is 18.3 Å². The molecule has 4 nitrogen and oxygen atoms in total. The Labute approximate surface area is 107 Å². The third-order valence-corrected chi connectivity index (χ3v) is 4.21. The van der Waals surface area contributed by atoms with Gasteiger partial charge in [0, 0.05) is 19.2 Å². The minimum absolute atomic E-state index is 0.503. The first-order valence-electron chi connectivity index (χ1n) is 6.78. The van der Waals surface area contributed by atoms with Crippen molar-refractivity contribution in [3.63, 3.8) is 0 Å². The summed E-state index contributed by atoms with van der Waals surface area (Å²) in [5.74, 6) is 2.25. The van der Waals surface area contributed by atoms with Crippen LogP contribution >= 0.6 is 0 Å². The molecule has 0 saturated heterocycles. The van der Waals surface area contributed by atoms with Crippen LogP contribution < -0.4 is 5.73 Å². The van der Waals surface area contributed by atoms with Gasteiger partial charge in [0.25, 0.3) is 0 Å². The van der Waals surface area contributed by atoms with E-state index in [1.54, 1.807) is 0 Å². The van der Waals surface area contributed by atoms with Crippen LogP contribution in [-0.4, -0.2) is 21.1 Å². The summed E-state index contributed by atoms with van der Waals surface area (Å²) >= 11 is 0. The highest BCUT2D eigenvalue weighted by Crippen LogP contribution is 2.37. The summed E-state index contributed by atoms with van der Waals surface area (Å²) in [4.78, 5) is 9.20. The van der Waals surface area contributed by atoms with E-state index < -0.39 is 0 Å². The molecule has 0 aromatic carbocycles. The maximum Gasteiger partial charge on any atom is 0.159 e. The predicted octanol–water partition coefficient (Wildman–Crippen LogP) is 2.20. The summed E-state index contributed by atoms with van der Waals surface area (Å²) in [5, 5.41) is 0. The van der Waals surface area contributed by atoms with Crippen molar-refractivity contribution in [1.29, 1.82) is 0 Å². The second kappa shape index (κ2) is 4.69. The Kier molecular flexibility index (Phi) is 3.04. The van der Waals surface area contributed by atoms with Gasteiger partial charge in [-0.15, -0.1) is 0 Å². The average Bonchev–Trinajstić information content (AvgIpc) is 2.76. The average molecular weight is 244 g/mol. The number of aryl methyl sites for hydroxylation is 1. The molecule has 2 aromatic rings. The van der Waals surface area contributed by atoms with Crippen molar-refractivity contribution in [2.75, 3.05) is 6.54 Å². The molecular formula is C14H20N4. The number of rotatable bonds is 2. The third kappa shape index (κ3) is 1.81. The summed E-state index contributed by atoms with van der Waals surface area (Å²) < 4.78 is 2.15. The largest absolute Gasteiger partial charge is 0.330 e. The maximum absolute atomic E-state index is 5.92. The van der Waals surface area contributed by atoms with Gasteiger partial charge in [0.15, 0.2) is 5.65 Å². The summed E-state index contributed by atoms with van der Waals surface area (Å²) in [5.41, 5.74) is 7.90. The standard InChI is InChI=1S/C14H20N4/c1-18-13(11-6-3-2-5-10(11)9-15)17-12-7-4-8-16-14(12)18/h4,7-8,10-11H,2-3,5-6,9,15H2,1H3. The smallest absolute Gasteiger partial charge is 0.159 e. The summed E-state index contributed by atoms with van der Waals surface area (Å²) in [6.45, 7) is 0.765. The van der Waals surface area contributed by atoms with E-state index in [4.69, 9.17) is 10.7 Å². The number of pyridine rings is 1. The van der Waals surface area contributed by atoms with Crippen LogP contribution in [0.1, 0.15) is 37.4 Å². The minimum Gasteiger partial charge on any atom is -0.330 e. The van der Waals surface area contributed by atoms with Gasteiger partial charge in [-0.1, -0.05) is 12.8 Å². The fraction of sp³-hybridized carbons (Fsp3) is 0.571. The van der Waals surface area contributed by atoms with Crippen molar-refractivity contribution in [3.8, 4) is 0 Å². The lowest BCUT2D eigenvalue weighted by Crippen LogP contribution is -2.27. The van der Waals surface area contributed by atoms with Gasteiger partial charge in [0.05, 0.1) is 0 Å². The molecule has 0 aliphatic heterocycles. The molecule has 18 heavy (non-hydrogen) atoms. The van der Waals surface area contributed by atoms with Gasteiger partial charge >= 0.3 is 0 Å². The molecule has 1 aliphatic rings. The maximum atomic E-state index is 5.92. The van der Waals surface area contributed by atoms with Crippen molar-refractivity contribution in [3.05, 3.63) is 24.2 Å². The minimum atomic E-state index is 0.503. The van der Waals surface area contributed by atoms with Crippen LogP contribution in [0.25, 0.3) is 11.2 Å². The Morgan fingerprint density at radius 1 is 1.39 bits per heavy atom. The van der Waals surface area contributed by atoms with Crippen molar-refractivity contribution < 1.29 is 0 Å². The van der Waals surface area contributed by atoms with Crippen LogP contribution in [-0.2, 0) is 7.05 Å². The molecule has 0 amide bonds. The number of imidazole rings is 1. The summed E-state index contributed by atoms with van der Waals surface area (Å²) in [6.07, 6.45) is 6.87. The second-order valence-corrected chi connectivity index (χ2v) is 5.26. The lowest BCUT2D eigenvalue weighted by atomic mass is 9.79. The highest BCUT2D eigenvalue weighted by molar-refractivity contribution is 5.71. The number of nitrogens with zero attached hydrogens (tertiary/aromatic N) is 3. The zero-order valence-corrected chi connectivity index (χ0v) is 10.8. The van der Waals surface area contributed by atoms with Gasteiger partial charge < -0.3 is 10.3 Å². The molecular weight excluding hydrogens is 224 g/mol. The SMILES string of the molecule is Cn1c(C2CCCCC2CN)nc2cccnc21. The Morgan fingerprint density at radius 3 is 3.00 bits per heavy atom. The fourth-order valence-corrected chi connectivity index (χ4v) is 3.20. The van der Waals surface area contributed by atoms with Crippen molar-refractivity contribution >= 4 is 11.2 Å². The Bertz CT molecular complexity index is 546. The third-order valence-electron chi connectivity index (χ3n) is 4.21. The van der Waals surface area contributed by atoms with Crippen LogP contribution in [0.2, 0.25) is 0 Å². The number of aromatic nitrogens is 3. The molecule has 0 spiro atoms. The van der Waals surface area contributed by atoms with Crippen molar-refractivity contribution in [2.24, 2.45) is 18.7 Å². The Balaban J connectivity index is 2.04. The first-order chi connectivity index (χ1) is 8.81. The second-order valence-electron chi connectivity index (χ2n) is 5.26. The fourth-order valence-electron chi connectivity index (χ4n) is 3.20. The van der Waals surface area contributed by atoms with Crippen LogP contribution in [0.15, 0.2) is 18.3 Å². The van der Waals surface area contributed by atoms with Gasteiger partial charge in [0.2, 0.25) is 0 Å². The lowest BCUT2D eigenvalue weighted by Gasteiger charge is -2.30. The van der Waals surface area contributed by atoms with Gasteiger partial charge in [-0.05, 0) is 37.4 Å². The van der Waals surface area contributed by atoms with Gasteiger partial charge in [-0.3, -0.25) is 0 Å². The van der Waals surface area contributed by atoms with Crippen molar-refractivity contribution in [2.45, 2.75) is 31.6 Å². The van der Waals surface area contributed by atoms with E-state index >= 15 is 0 Å². The topological polar surface area (TPSA) is 56.7 Å². The molecule has 0 radical (unpaired) electrons. The monoisotopic (exact) mass is 244 g/mol. The molecule has 2 N–H and O–H groups in total. The molecule has 0 bridgehead atoms. The van der Waals surface area contributed by atoms with Gasteiger partial charge in [0.1, 0.15) is 11.3 Å². The quantitative estimate of drug-likeness (QED) is 0.881. The van der Waals surface area contributed by atoms with Crippen LogP contribution in [0.3, 0.4) is 0 Å². The molecule has 1 saturated carbocycles. The Hall–Kier alpha value is -1.42. The number of hydrogen-bond donors (Lipinski definition) is 1. The van der Waals surface area contributed by atoms with E-state index in [0.29, 0.717) is 11.8 Å². The van der Waals surface area contributed by atoms with Gasteiger partial charge in [-0.25, -0.2) is 9.97 Å². The van der Waals surface area contributed by atoms with E-state index in [0.717, 1.165) is 17.7 Å². The molecule has 1 aliphatic carbocycles. The molecule has 1 fully saturated rings. The molecule has 2 atom stereocenters. The normalized spacial score (nSPS) is 24.6. The summed E-state index contributed by atoms with van der Waals surface area (Å²) in [6, 6.07) is 3.98. The highest BCUT2D eigenvalue weighted by atomic mass is 15.1. The zero-order valence-electron chi connectivity index (χ0n) is 10.8. The van der Waals surface area contributed by atoms with E-state index in [2.05, 4.69) is 16.6 Å². The highest BCUT2D eigenvalue weighted by Gasteiger charge is 2.29. The number of nitrogens with two attached hydrogens (primary N) is 1. The Morgan fingerprint density at radius 2 is 2.22 bits per heavy atom. The molecule has 2 unspecified atom stereocenters. The molecule has 2 aromatic heterocycles. The summed E-state index contributed by atoms with van der Waals surface area (Å²) in [7, 11) is 2.07. The van der Waals surface area contributed by atoms with Crippen molar-refractivity contribution in [1.82, 2.24) is 14.5 Å². The molecule has 2 heterocycles. The first kappa shape index (κ1) is 11.7. The van der Waals surface area contributed by atoms with E-state index in [1.165, 1.54) is 31.5 Å². The van der Waals surface area contributed by atoms with E-state index in [9.17, 15) is 0 Å². The molecule has 3 rings (SSSR count). The van der Waals surface area contributed by atoms with Crippen LogP contribution in [0.4, 0.5) is 0 Å². The molecule has 96 valence electrons. The molecule has 4 heteroatoms. The first-order valence-corrected chi connectivity index (χ1v) is 6.78. The zero-order chi connectivity index (χ0) is 12.5. The van der Waals surface area contributed by atoms with Crippen LogP contribution in [0, 0.1) is 5.92 Å². The van der Waals surface area contributed by atoms with E-state index in [-0.39, 0.29) is 0 Å². The lowest BCUT2D eigenvalue weighted by molar-refractivity contribution is 0.301.